The van der Waals surface area contributed by atoms with E-state index in [9.17, 15) is 0 Å². The van der Waals surface area contributed by atoms with Crippen LogP contribution >= 0.6 is 0 Å². The van der Waals surface area contributed by atoms with E-state index in [1.807, 2.05) is 12.3 Å². The molecule has 0 radical (unpaired) electrons. The second kappa shape index (κ2) is 8.61. The predicted octanol–water partition coefficient (Wildman–Crippen LogP) is 9.43. The molecule has 0 atom stereocenters. The zero-order valence-electron chi connectivity index (χ0n) is 21.1. The Hall–Kier alpha value is -5.35. The molecule has 8 rings (SSSR count). The van der Waals surface area contributed by atoms with Crippen LogP contribution in [0.3, 0.4) is 0 Å². The maximum absolute atomic E-state index is 4.88. The minimum Gasteiger partial charge on any atom is -0.310 e. The fourth-order valence-electron chi connectivity index (χ4n) is 5.90. The average Bonchev–Trinajstić information content (AvgIpc) is 3.34. The molecule has 1 aliphatic rings. The van der Waals surface area contributed by atoms with Gasteiger partial charge in [0.1, 0.15) is 5.65 Å². The van der Waals surface area contributed by atoms with Gasteiger partial charge in [0.2, 0.25) is 0 Å². The second-order valence-corrected chi connectivity index (χ2v) is 9.74. The Balaban J connectivity index is 1.51. The highest BCUT2D eigenvalue weighted by atomic mass is 15.2. The number of benzene rings is 5. The first-order valence-electron chi connectivity index (χ1n) is 13.2. The van der Waals surface area contributed by atoms with E-state index < -0.39 is 0 Å². The Kier molecular flexibility index (Phi) is 4.79. The minimum absolute atomic E-state index is 0.969. The standard InChI is InChI=1S/C35H24N4/c1-4-13-25(14-5-1)37(26-15-6-2-7-16-26)28-23-30-29-19-12-22-36-35(29)39-32-21-11-10-20-31(32)38(33(24-28)34(30)39)27-17-8-3-9-18-27/h1-24H. The summed E-state index contributed by atoms with van der Waals surface area (Å²) in [4.78, 5) is 9.60. The molecule has 0 saturated heterocycles. The molecule has 0 unspecified atom stereocenters. The third kappa shape index (κ3) is 3.28. The van der Waals surface area contributed by atoms with Gasteiger partial charge in [-0.25, -0.2) is 4.98 Å². The molecular formula is C35H24N4. The first kappa shape index (κ1) is 21.7. The fourth-order valence-corrected chi connectivity index (χ4v) is 5.90. The summed E-state index contributed by atoms with van der Waals surface area (Å²) in [6.07, 6.45) is 1.89. The Bertz CT molecular complexity index is 1920. The molecule has 4 heteroatoms. The first-order chi connectivity index (χ1) is 19.4. The number of aromatic nitrogens is 2. The summed E-state index contributed by atoms with van der Waals surface area (Å²) in [7, 11) is 0. The van der Waals surface area contributed by atoms with Crippen LogP contribution in [0, 0.1) is 0 Å². The molecule has 5 aromatic carbocycles. The Morgan fingerprint density at radius 2 is 1.10 bits per heavy atom. The Labute approximate surface area is 226 Å². The van der Waals surface area contributed by atoms with Crippen LogP contribution in [0.2, 0.25) is 0 Å². The van der Waals surface area contributed by atoms with Crippen LogP contribution < -0.4 is 9.80 Å². The SMILES string of the molecule is c1ccc(N(c2ccccc2)c2cc3c4c(c2)c2cccnc2n4-c2ccccc2N3c2ccccc2)cc1. The zero-order chi connectivity index (χ0) is 25.8. The van der Waals surface area contributed by atoms with Gasteiger partial charge in [-0.2, -0.15) is 0 Å². The van der Waals surface area contributed by atoms with E-state index in [1.165, 1.54) is 5.39 Å². The van der Waals surface area contributed by atoms with Crippen molar-refractivity contribution >= 4 is 56.1 Å². The van der Waals surface area contributed by atoms with E-state index in [0.29, 0.717) is 0 Å². The summed E-state index contributed by atoms with van der Waals surface area (Å²) in [5.74, 6) is 0. The lowest BCUT2D eigenvalue weighted by Crippen LogP contribution is -2.19. The second-order valence-electron chi connectivity index (χ2n) is 9.74. The zero-order valence-corrected chi connectivity index (χ0v) is 21.1. The van der Waals surface area contributed by atoms with Gasteiger partial charge in [0.05, 0.1) is 22.6 Å². The van der Waals surface area contributed by atoms with Gasteiger partial charge in [0.15, 0.2) is 0 Å². The van der Waals surface area contributed by atoms with Gasteiger partial charge in [-0.15, -0.1) is 0 Å². The van der Waals surface area contributed by atoms with Crippen LogP contribution in [-0.2, 0) is 0 Å². The average molecular weight is 501 g/mol. The highest BCUT2D eigenvalue weighted by Gasteiger charge is 2.30. The Morgan fingerprint density at radius 3 is 1.79 bits per heavy atom. The van der Waals surface area contributed by atoms with Crippen LogP contribution in [0.15, 0.2) is 146 Å². The van der Waals surface area contributed by atoms with Crippen LogP contribution in [0.4, 0.5) is 34.1 Å². The van der Waals surface area contributed by atoms with Crippen molar-refractivity contribution in [2.24, 2.45) is 0 Å². The third-order valence-corrected chi connectivity index (χ3v) is 7.49. The first-order valence-corrected chi connectivity index (χ1v) is 13.2. The van der Waals surface area contributed by atoms with Gasteiger partial charge in [-0.3, -0.25) is 4.57 Å². The summed E-state index contributed by atoms with van der Waals surface area (Å²) in [5.41, 5.74) is 9.96. The van der Waals surface area contributed by atoms with E-state index in [4.69, 9.17) is 4.98 Å². The number of para-hydroxylation sites is 5. The van der Waals surface area contributed by atoms with E-state index in [2.05, 4.69) is 148 Å². The summed E-state index contributed by atoms with van der Waals surface area (Å²) < 4.78 is 2.33. The van der Waals surface area contributed by atoms with Crippen molar-refractivity contribution < 1.29 is 0 Å². The molecule has 3 heterocycles. The molecule has 0 amide bonds. The van der Waals surface area contributed by atoms with Crippen LogP contribution in [0.25, 0.3) is 27.6 Å². The molecule has 0 bridgehead atoms. The molecular weight excluding hydrogens is 476 g/mol. The van der Waals surface area contributed by atoms with Crippen molar-refractivity contribution in [2.45, 2.75) is 0 Å². The fraction of sp³-hybridized carbons (Fsp3) is 0. The molecule has 184 valence electrons. The maximum atomic E-state index is 4.88. The molecule has 39 heavy (non-hydrogen) atoms. The predicted molar refractivity (Wildman–Crippen MR) is 161 cm³/mol. The molecule has 2 aromatic heterocycles. The molecule has 0 fully saturated rings. The molecule has 0 spiro atoms. The summed E-state index contributed by atoms with van der Waals surface area (Å²) >= 11 is 0. The summed E-state index contributed by atoms with van der Waals surface area (Å²) in [6.45, 7) is 0. The largest absolute Gasteiger partial charge is 0.310 e. The number of hydrogen-bond donors (Lipinski definition) is 0. The van der Waals surface area contributed by atoms with E-state index in [1.54, 1.807) is 0 Å². The molecule has 0 saturated carbocycles. The van der Waals surface area contributed by atoms with Crippen molar-refractivity contribution in [1.29, 1.82) is 0 Å². The summed E-state index contributed by atoms with van der Waals surface area (Å²) in [5, 5.41) is 2.32. The Morgan fingerprint density at radius 1 is 0.487 bits per heavy atom. The normalized spacial score (nSPS) is 12.1. The van der Waals surface area contributed by atoms with Crippen molar-refractivity contribution in [2.75, 3.05) is 9.80 Å². The van der Waals surface area contributed by atoms with Gasteiger partial charge in [0.25, 0.3) is 0 Å². The number of rotatable bonds is 4. The van der Waals surface area contributed by atoms with Gasteiger partial charge in [-0.05, 0) is 72.8 Å². The smallest absolute Gasteiger partial charge is 0.145 e. The van der Waals surface area contributed by atoms with Gasteiger partial charge in [-0.1, -0.05) is 66.7 Å². The summed E-state index contributed by atoms with van der Waals surface area (Å²) in [6, 6.07) is 49.2. The van der Waals surface area contributed by atoms with E-state index in [-0.39, 0.29) is 0 Å². The van der Waals surface area contributed by atoms with Crippen molar-refractivity contribution in [1.82, 2.24) is 9.55 Å². The van der Waals surface area contributed by atoms with Crippen molar-refractivity contribution in [3.05, 3.63) is 146 Å². The number of pyridine rings is 1. The molecule has 7 aromatic rings. The number of hydrogen-bond acceptors (Lipinski definition) is 3. The van der Waals surface area contributed by atoms with Gasteiger partial charge in [0, 0.05) is 39.7 Å². The topological polar surface area (TPSA) is 24.3 Å². The van der Waals surface area contributed by atoms with E-state index in [0.717, 1.165) is 56.4 Å². The molecule has 4 nitrogen and oxygen atoms in total. The number of nitrogens with zero attached hydrogens (tertiary/aromatic N) is 4. The minimum atomic E-state index is 0.969. The van der Waals surface area contributed by atoms with Crippen LogP contribution in [0.5, 0.6) is 0 Å². The molecule has 1 aliphatic heterocycles. The monoisotopic (exact) mass is 500 g/mol. The number of fused-ring (bicyclic) bond motifs is 5. The maximum Gasteiger partial charge on any atom is 0.145 e. The van der Waals surface area contributed by atoms with Gasteiger partial charge >= 0.3 is 0 Å². The highest BCUT2D eigenvalue weighted by molar-refractivity contribution is 6.17. The van der Waals surface area contributed by atoms with Crippen molar-refractivity contribution in [3.8, 4) is 5.69 Å². The third-order valence-electron chi connectivity index (χ3n) is 7.49. The van der Waals surface area contributed by atoms with Crippen molar-refractivity contribution in [3.63, 3.8) is 0 Å². The lowest BCUT2D eigenvalue weighted by Gasteiger charge is -2.34. The lowest BCUT2D eigenvalue weighted by molar-refractivity contribution is 1.09. The van der Waals surface area contributed by atoms with Crippen LogP contribution in [0.1, 0.15) is 0 Å². The molecule has 0 aliphatic carbocycles. The van der Waals surface area contributed by atoms with Crippen LogP contribution in [-0.4, -0.2) is 9.55 Å². The quantitative estimate of drug-likeness (QED) is 0.240. The number of anilines is 6. The lowest BCUT2D eigenvalue weighted by atomic mass is 10.0. The molecule has 0 N–H and O–H groups in total. The van der Waals surface area contributed by atoms with Gasteiger partial charge < -0.3 is 9.80 Å². The highest BCUT2D eigenvalue weighted by Crippen LogP contribution is 2.51. The van der Waals surface area contributed by atoms with E-state index >= 15 is 0 Å².